The zero-order chi connectivity index (χ0) is 5.86. The normalized spacial score (nSPS) is 6.50. The Morgan fingerprint density at radius 2 is 1.38 bits per heavy atom. The van der Waals surface area contributed by atoms with Crippen LogP contribution in [0.15, 0.2) is 0 Å². The Bertz CT molecular complexity index is 90.2. The Hall–Kier alpha value is -0.637. The van der Waals surface area contributed by atoms with Crippen molar-refractivity contribution in [3.63, 3.8) is 0 Å². The molecule has 0 fully saturated rings. The minimum Gasteiger partial charge on any atom is -0.465 e. The first-order chi connectivity index (χ1) is 3.13. The van der Waals surface area contributed by atoms with Gasteiger partial charge in [-0.25, -0.2) is 14.9 Å². The summed E-state index contributed by atoms with van der Waals surface area (Å²) in [7, 11) is 0. The van der Waals surface area contributed by atoms with Gasteiger partial charge in [-0.1, -0.05) is 0 Å². The standard InChI is InChI=1S/C2H3NO4.Zn/c4-1(5)3-2(6)7;/h3H,(H,4,5)(H,6,7);. The Labute approximate surface area is 57.4 Å². The molecule has 0 aliphatic heterocycles. The van der Waals surface area contributed by atoms with Crippen molar-refractivity contribution in [2.45, 2.75) is 0 Å². The number of hydrogen-bond donors (Lipinski definition) is 3. The smallest absolute Gasteiger partial charge is 0.414 e. The van der Waals surface area contributed by atoms with Crippen LogP contribution in [-0.4, -0.2) is 22.4 Å². The number of amides is 2. The van der Waals surface area contributed by atoms with Crippen molar-refractivity contribution in [1.82, 2.24) is 5.32 Å². The van der Waals surface area contributed by atoms with Gasteiger partial charge in [-0.15, -0.1) is 0 Å². The molecular formula is C2H3NO4Zn. The minimum absolute atomic E-state index is 0. The molecule has 0 saturated carbocycles. The number of rotatable bonds is 0. The molecule has 0 atom stereocenters. The largest absolute Gasteiger partial charge is 0.465 e. The van der Waals surface area contributed by atoms with Gasteiger partial charge in [-0.3, -0.25) is 0 Å². The van der Waals surface area contributed by atoms with E-state index in [4.69, 9.17) is 10.2 Å². The van der Waals surface area contributed by atoms with E-state index in [2.05, 4.69) is 0 Å². The molecule has 3 N–H and O–H groups in total. The molecule has 0 heterocycles. The van der Waals surface area contributed by atoms with Crippen molar-refractivity contribution in [2.75, 3.05) is 0 Å². The Morgan fingerprint density at radius 3 is 1.38 bits per heavy atom. The molecular weight excluding hydrogens is 167 g/mol. The third-order valence-electron chi connectivity index (χ3n) is 0.214. The molecule has 0 bridgehead atoms. The van der Waals surface area contributed by atoms with E-state index < -0.39 is 12.2 Å². The minimum atomic E-state index is -1.56. The van der Waals surface area contributed by atoms with Crippen molar-refractivity contribution in [2.24, 2.45) is 0 Å². The average molecular weight is 170 g/mol. The third kappa shape index (κ3) is 9.03. The van der Waals surface area contributed by atoms with Crippen molar-refractivity contribution in [3.8, 4) is 0 Å². The van der Waals surface area contributed by atoms with Gasteiger partial charge >= 0.3 is 12.2 Å². The summed E-state index contributed by atoms with van der Waals surface area (Å²) in [5.41, 5.74) is 0. The summed E-state index contributed by atoms with van der Waals surface area (Å²) < 4.78 is 0. The van der Waals surface area contributed by atoms with Crippen LogP contribution in [0.2, 0.25) is 0 Å². The van der Waals surface area contributed by atoms with Crippen LogP contribution < -0.4 is 5.32 Å². The van der Waals surface area contributed by atoms with Crippen LogP contribution in [0.25, 0.3) is 0 Å². The van der Waals surface area contributed by atoms with E-state index in [0.717, 1.165) is 5.32 Å². The van der Waals surface area contributed by atoms with Crippen molar-refractivity contribution < 1.29 is 39.3 Å². The fraction of sp³-hybridized carbons (Fsp3) is 0. The molecule has 0 aromatic carbocycles. The molecule has 0 aromatic rings. The molecule has 0 rings (SSSR count). The fourth-order valence-corrected chi connectivity index (χ4v) is 0.0915. The van der Waals surface area contributed by atoms with Crippen LogP contribution in [0, 0.1) is 0 Å². The Balaban J connectivity index is 0. The number of carboxylic acid groups (broad SMARTS) is 2. The topological polar surface area (TPSA) is 86.6 Å². The van der Waals surface area contributed by atoms with E-state index in [9.17, 15) is 9.59 Å². The summed E-state index contributed by atoms with van der Waals surface area (Å²) in [5, 5.41) is 16.3. The van der Waals surface area contributed by atoms with E-state index in [1.807, 2.05) is 0 Å². The second kappa shape index (κ2) is 4.52. The van der Waals surface area contributed by atoms with Gasteiger partial charge in [-0.2, -0.15) is 0 Å². The summed E-state index contributed by atoms with van der Waals surface area (Å²) in [6.45, 7) is 0. The monoisotopic (exact) mass is 169 g/mol. The molecule has 5 nitrogen and oxygen atoms in total. The molecule has 8 heavy (non-hydrogen) atoms. The van der Waals surface area contributed by atoms with Gasteiger partial charge < -0.3 is 10.2 Å². The average Bonchev–Trinajstić information content (AvgIpc) is 1.27. The summed E-state index contributed by atoms with van der Waals surface area (Å²) in [4.78, 5) is 18.6. The maximum atomic E-state index is 9.32. The van der Waals surface area contributed by atoms with Crippen LogP contribution in [0.4, 0.5) is 9.59 Å². The number of nitrogens with one attached hydrogen (secondary N) is 1. The van der Waals surface area contributed by atoms with Gasteiger partial charge in [0.25, 0.3) is 0 Å². The maximum Gasteiger partial charge on any atom is 0.414 e. The predicted octanol–water partition coefficient (Wildman–Crippen LogP) is -0.0705. The second-order valence-electron chi connectivity index (χ2n) is 0.735. The first-order valence-corrected chi connectivity index (χ1v) is 1.36. The van der Waals surface area contributed by atoms with Crippen LogP contribution in [0.1, 0.15) is 0 Å². The number of hydrogen-bond acceptors (Lipinski definition) is 2. The molecule has 0 saturated heterocycles. The molecule has 0 radical (unpaired) electrons. The van der Waals surface area contributed by atoms with Gasteiger partial charge in [0.05, 0.1) is 0 Å². The number of imide groups is 1. The Morgan fingerprint density at radius 1 is 1.12 bits per heavy atom. The molecule has 0 aliphatic carbocycles. The van der Waals surface area contributed by atoms with E-state index in [1.165, 1.54) is 0 Å². The third-order valence-corrected chi connectivity index (χ3v) is 0.214. The summed E-state index contributed by atoms with van der Waals surface area (Å²) >= 11 is 0. The summed E-state index contributed by atoms with van der Waals surface area (Å²) in [5.74, 6) is 0. The van der Waals surface area contributed by atoms with Gasteiger partial charge in [0, 0.05) is 19.5 Å². The van der Waals surface area contributed by atoms with Gasteiger partial charge in [0.1, 0.15) is 0 Å². The molecule has 6 heteroatoms. The van der Waals surface area contributed by atoms with Crippen LogP contribution in [-0.2, 0) is 19.5 Å². The van der Waals surface area contributed by atoms with E-state index >= 15 is 0 Å². The molecule has 0 unspecified atom stereocenters. The number of carbonyl (C=O) groups is 2. The first kappa shape index (κ1) is 10.4. The zero-order valence-corrected chi connectivity index (χ0v) is 6.89. The summed E-state index contributed by atoms with van der Waals surface area (Å²) in [6.07, 6.45) is -3.12. The fourth-order valence-electron chi connectivity index (χ4n) is 0.0915. The first-order valence-electron chi connectivity index (χ1n) is 1.36. The Kier molecular flexibility index (Phi) is 5.86. The van der Waals surface area contributed by atoms with Gasteiger partial charge in [0.15, 0.2) is 0 Å². The SMILES string of the molecule is O=C(O)NC(=O)O.[Zn]. The molecule has 2 amide bonds. The van der Waals surface area contributed by atoms with E-state index in [1.54, 1.807) is 0 Å². The van der Waals surface area contributed by atoms with Crippen LogP contribution in [0.5, 0.6) is 0 Å². The molecule has 0 aromatic heterocycles. The van der Waals surface area contributed by atoms with Gasteiger partial charge in [0.2, 0.25) is 0 Å². The molecule has 42 valence electrons. The van der Waals surface area contributed by atoms with Crippen LogP contribution >= 0.6 is 0 Å². The van der Waals surface area contributed by atoms with E-state index in [-0.39, 0.29) is 19.5 Å². The maximum absolute atomic E-state index is 9.32. The molecule has 0 aliphatic rings. The van der Waals surface area contributed by atoms with Gasteiger partial charge in [-0.05, 0) is 0 Å². The second-order valence-corrected chi connectivity index (χ2v) is 0.735. The van der Waals surface area contributed by atoms with E-state index in [0.29, 0.717) is 0 Å². The van der Waals surface area contributed by atoms with Crippen molar-refractivity contribution in [1.29, 1.82) is 0 Å². The predicted molar refractivity (Wildman–Crippen MR) is 19.2 cm³/mol. The van der Waals surface area contributed by atoms with Crippen LogP contribution in [0.3, 0.4) is 0 Å². The summed E-state index contributed by atoms with van der Waals surface area (Å²) in [6, 6.07) is 0. The van der Waals surface area contributed by atoms with Crippen molar-refractivity contribution in [3.05, 3.63) is 0 Å². The molecule has 0 spiro atoms. The quantitative estimate of drug-likeness (QED) is 0.444. The van der Waals surface area contributed by atoms with Crippen molar-refractivity contribution >= 4 is 12.2 Å². The zero-order valence-electron chi connectivity index (χ0n) is 3.92.